The third-order valence-electron chi connectivity index (χ3n) is 2.08. The molecule has 5 atom stereocenters. The second-order valence-electron chi connectivity index (χ2n) is 2.93. The summed E-state index contributed by atoms with van der Waals surface area (Å²) in [4.78, 5) is 0. The molecule has 6 heteroatoms. The molecule has 3 N–H and O–H groups in total. The van der Waals surface area contributed by atoms with Gasteiger partial charge in [-0.2, -0.15) is 12.6 Å². The van der Waals surface area contributed by atoms with Gasteiger partial charge in [0.1, 0.15) is 12.2 Å². The Morgan fingerprint density at radius 3 is 2.46 bits per heavy atom. The zero-order valence-electron chi connectivity index (χ0n) is 7.20. The van der Waals surface area contributed by atoms with Gasteiger partial charge in [0.15, 0.2) is 6.29 Å². The number of methoxy groups -OCH3 is 1. The van der Waals surface area contributed by atoms with E-state index in [0.29, 0.717) is 0 Å². The molecule has 0 radical (unpaired) electrons. The molecule has 0 bridgehead atoms. The summed E-state index contributed by atoms with van der Waals surface area (Å²) >= 11 is 4.03. The van der Waals surface area contributed by atoms with E-state index >= 15 is 0 Å². The summed E-state index contributed by atoms with van der Waals surface area (Å²) in [6.45, 7) is -0.363. The highest BCUT2D eigenvalue weighted by atomic mass is 32.1. The zero-order chi connectivity index (χ0) is 10.0. The first kappa shape index (κ1) is 11.2. The lowest BCUT2D eigenvalue weighted by Gasteiger charge is -2.39. The van der Waals surface area contributed by atoms with Gasteiger partial charge in [-0.3, -0.25) is 0 Å². The molecule has 78 valence electrons. The molecular formula is C7H14O5S. The van der Waals surface area contributed by atoms with E-state index in [9.17, 15) is 10.2 Å². The lowest BCUT2D eigenvalue weighted by Crippen LogP contribution is -2.57. The molecule has 13 heavy (non-hydrogen) atoms. The van der Waals surface area contributed by atoms with Crippen LogP contribution in [-0.2, 0) is 9.47 Å². The van der Waals surface area contributed by atoms with Crippen LogP contribution in [0.4, 0.5) is 0 Å². The van der Waals surface area contributed by atoms with E-state index in [1.54, 1.807) is 0 Å². The standard InChI is InChI=1S/C7H14O5S/c1-11-7-6(13)5(10)4(9)3(2-8)12-7/h3-10,13H,2H2,1H3/t3-,4-,5+,6-,7-/m1/s1. The molecule has 0 aliphatic carbocycles. The predicted octanol–water partition coefficient (Wildman–Crippen LogP) is -1.63. The predicted molar refractivity (Wildman–Crippen MR) is 47.5 cm³/mol. The molecule has 0 aromatic rings. The number of hydrogen-bond acceptors (Lipinski definition) is 6. The Labute approximate surface area is 81.7 Å². The third kappa shape index (κ3) is 2.15. The van der Waals surface area contributed by atoms with Crippen molar-refractivity contribution in [1.29, 1.82) is 0 Å². The molecule has 1 saturated heterocycles. The van der Waals surface area contributed by atoms with Gasteiger partial charge in [0.05, 0.1) is 18.0 Å². The molecular weight excluding hydrogens is 196 g/mol. The minimum absolute atomic E-state index is 0.363. The minimum atomic E-state index is -1.13. The van der Waals surface area contributed by atoms with E-state index in [1.807, 2.05) is 0 Å². The SMILES string of the molecule is CO[C@@H]1O[C@H](CO)[C@@H](O)[C@H](O)[C@H]1S. The van der Waals surface area contributed by atoms with Gasteiger partial charge in [-0.05, 0) is 0 Å². The first-order valence-electron chi connectivity index (χ1n) is 3.95. The molecule has 1 heterocycles. The molecule has 0 spiro atoms. The Balaban J connectivity index is 2.66. The number of thiol groups is 1. The number of ether oxygens (including phenoxy) is 2. The minimum Gasteiger partial charge on any atom is -0.394 e. The number of rotatable bonds is 2. The monoisotopic (exact) mass is 210 g/mol. The van der Waals surface area contributed by atoms with Gasteiger partial charge in [-0.25, -0.2) is 0 Å². The fourth-order valence-corrected chi connectivity index (χ4v) is 1.63. The van der Waals surface area contributed by atoms with Gasteiger partial charge in [0.25, 0.3) is 0 Å². The maximum atomic E-state index is 9.45. The highest BCUT2D eigenvalue weighted by Gasteiger charge is 2.42. The van der Waals surface area contributed by atoms with E-state index in [1.165, 1.54) is 7.11 Å². The third-order valence-corrected chi connectivity index (χ3v) is 2.63. The molecule has 1 fully saturated rings. The Morgan fingerprint density at radius 2 is 2.00 bits per heavy atom. The van der Waals surface area contributed by atoms with Crippen LogP contribution in [0, 0.1) is 0 Å². The lowest BCUT2D eigenvalue weighted by molar-refractivity contribution is -0.244. The van der Waals surface area contributed by atoms with Gasteiger partial charge < -0.3 is 24.8 Å². The van der Waals surface area contributed by atoms with Crippen LogP contribution in [0.25, 0.3) is 0 Å². The van der Waals surface area contributed by atoms with E-state index in [2.05, 4.69) is 12.6 Å². The van der Waals surface area contributed by atoms with Crippen LogP contribution in [0.1, 0.15) is 0 Å². The molecule has 0 aromatic heterocycles. The van der Waals surface area contributed by atoms with Gasteiger partial charge >= 0.3 is 0 Å². The van der Waals surface area contributed by atoms with Crippen LogP contribution in [0.15, 0.2) is 0 Å². The fourth-order valence-electron chi connectivity index (χ4n) is 1.26. The molecule has 0 aromatic carbocycles. The van der Waals surface area contributed by atoms with Crippen LogP contribution in [0.5, 0.6) is 0 Å². The van der Waals surface area contributed by atoms with Crippen LogP contribution in [0.2, 0.25) is 0 Å². The van der Waals surface area contributed by atoms with Gasteiger partial charge in [0, 0.05) is 7.11 Å². The summed E-state index contributed by atoms with van der Waals surface area (Å²) in [5.41, 5.74) is 0. The van der Waals surface area contributed by atoms with E-state index in [4.69, 9.17) is 14.6 Å². The van der Waals surface area contributed by atoms with E-state index in [0.717, 1.165) is 0 Å². The summed E-state index contributed by atoms with van der Waals surface area (Å²) in [6, 6.07) is 0. The Morgan fingerprint density at radius 1 is 1.38 bits per heavy atom. The normalized spacial score (nSPS) is 46.4. The van der Waals surface area contributed by atoms with Gasteiger partial charge in [-0.1, -0.05) is 0 Å². The molecule has 1 rings (SSSR count). The Bertz CT molecular complexity index is 147. The van der Waals surface area contributed by atoms with Crippen molar-refractivity contribution >= 4 is 12.6 Å². The molecule has 0 amide bonds. The average molecular weight is 210 g/mol. The zero-order valence-corrected chi connectivity index (χ0v) is 8.09. The smallest absolute Gasteiger partial charge is 0.171 e. The highest BCUT2D eigenvalue weighted by Crippen LogP contribution is 2.24. The second-order valence-corrected chi connectivity index (χ2v) is 3.53. The largest absolute Gasteiger partial charge is 0.394 e. The Kier molecular flexibility index (Phi) is 3.96. The maximum Gasteiger partial charge on any atom is 0.171 e. The topological polar surface area (TPSA) is 79.2 Å². The summed E-state index contributed by atoms with van der Waals surface area (Å²) in [7, 11) is 1.41. The van der Waals surface area contributed by atoms with Crippen molar-refractivity contribution in [3.05, 3.63) is 0 Å². The highest BCUT2D eigenvalue weighted by molar-refractivity contribution is 7.81. The lowest BCUT2D eigenvalue weighted by atomic mass is 10.0. The summed E-state index contributed by atoms with van der Waals surface area (Å²) in [6.07, 6.45) is -3.71. The molecule has 1 aliphatic heterocycles. The molecule has 0 saturated carbocycles. The molecule has 0 unspecified atom stereocenters. The van der Waals surface area contributed by atoms with Gasteiger partial charge in [-0.15, -0.1) is 0 Å². The summed E-state index contributed by atoms with van der Waals surface area (Å²) in [5.74, 6) is 0. The van der Waals surface area contributed by atoms with Crippen molar-refractivity contribution in [3.8, 4) is 0 Å². The van der Waals surface area contributed by atoms with Crippen molar-refractivity contribution in [2.75, 3.05) is 13.7 Å². The molecule has 5 nitrogen and oxygen atoms in total. The average Bonchev–Trinajstić information content (AvgIpc) is 2.15. The first-order chi connectivity index (χ1) is 6.11. The summed E-state index contributed by atoms with van der Waals surface area (Å²) in [5, 5.41) is 27.0. The Hall–Kier alpha value is 0.150. The van der Waals surface area contributed by atoms with Crippen molar-refractivity contribution in [2.45, 2.75) is 29.9 Å². The van der Waals surface area contributed by atoms with E-state index < -0.39 is 29.9 Å². The van der Waals surface area contributed by atoms with Crippen LogP contribution < -0.4 is 0 Å². The van der Waals surface area contributed by atoms with Crippen LogP contribution in [0.3, 0.4) is 0 Å². The molecule has 1 aliphatic rings. The second kappa shape index (κ2) is 4.59. The summed E-state index contributed by atoms with van der Waals surface area (Å²) < 4.78 is 9.99. The first-order valence-corrected chi connectivity index (χ1v) is 4.46. The van der Waals surface area contributed by atoms with Crippen molar-refractivity contribution in [2.24, 2.45) is 0 Å². The quantitative estimate of drug-likeness (QED) is 0.412. The number of aliphatic hydroxyl groups excluding tert-OH is 3. The fraction of sp³-hybridized carbons (Fsp3) is 1.00. The van der Waals surface area contributed by atoms with Crippen LogP contribution >= 0.6 is 12.6 Å². The van der Waals surface area contributed by atoms with Crippen molar-refractivity contribution in [1.82, 2.24) is 0 Å². The van der Waals surface area contributed by atoms with Crippen molar-refractivity contribution in [3.63, 3.8) is 0 Å². The van der Waals surface area contributed by atoms with Crippen molar-refractivity contribution < 1.29 is 24.8 Å². The van der Waals surface area contributed by atoms with Crippen LogP contribution in [-0.4, -0.2) is 58.9 Å². The number of hydrogen-bond donors (Lipinski definition) is 4. The van der Waals surface area contributed by atoms with Gasteiger partial charge in [0.2, 0.25) is 0 Å². The van der Waals surface area contributed by atoms with E-state index in [-0.39, 0.29) is 6.61 Å². The maximum absolute atomic E-state index is 9.45. The number of aliphatic hydroxyl groups is 3.